The molecule has 1 saturated carbocycles. The highest BCUT2D eigenvalue weighted by Gasteiger charge is 2.24. The molecular weight excluding hydrogens is 216 g/mol. The smallest absolute Gasteiger partial charge is 0.0795 e. The molecule has 0 radical (unpaired) electrons. The quantitative estimate of drug-likeness (QED) is 0.811. The van der Waals surface area contributed by atoms with Gasteiger partial charge in [-0.15, -0.1) is 11.3 Å². The largest absolute Gasteiger partial charge is 0.311 e. The first-order valence-corrected chi connectivity index (χ1v) is 7.31. The van der Waals surface area contributed by atoms with E-state index < -0.39 is 0 Å². The van der Waals surface area contributed by atoms with Crippen molar-refractivity contribution in [2.45, 2.75) is 52.0 Å². The zero-order valence-electron chi connectivity index (χ0n) is 10.2. The topological polar surface area (TPSA) is 24.9 Å². The summed E-state index contributed by atoms with van der Waals surface area (Å²) in [6.07, 6.45) is 8.46. The maximum Gasteiger partial charge on any atom is 0.0795 e. The van der Waals surface area contributed by atoms with Crippen LogP contribution >= 0.6 is 11.3 Å². The van der Waals surface area contributed by atoms with E-state index in [0.29, 0.717) is 5.41 Å². The van der Waals surface area contributed by atoms with Crippen molar-refractivity contribution in [1.29, 1.82) is 0 Å². The molecule has 1 N–H and O–H groups in total. The monoisotopic (exact) mass is 238 g/mol. The van der Waals surface area contributed by atoms with Crippen LogP contribution < -0.4 is 5.32 Å². The Morgan fingerprint density at radius 1 is 1.31 bits per heavy atom. The van der Waals surface area contributed by atoms with Gasteiger partial charge in [0.1, 0.15) is 0 Å². The third-order valence-corrected chi connectivity index (χ3v) is 4.29. The molecule has 0 atom stereocenters. The van der Waals surface area contributed by atoms with Crippen molar-refractivity contribution in [2.24, 2.45) is 5.41 Å². The number of nitrogens with zero attached hydrogens (tertiary/aromatic N) is 1. The van der Waals surface area contributed by atoms with Crippen LogP contribution in [0.4, 0.5) is 0 Å². The second-order valence-electron chi connectivity index (χ2n) is 5.31. The molecule has 16 heavy (non-hydrogen) atoms. The van der Waals surface area contributed by atoms with Crippen LogP contribution in [0.3, 0.4) is 0 Å². The van der Waals surface area contributed by atoms with Crippen LogP contribution in [-0.4, -0.2) is 11.5 Å². The van der Waals surface area contributed by atoms with Crippen LogP contribution in [0.25, 0.3) is 0 Å². The van der Waals surface area contributed by atoms with Crippen LogP contribution in [-0.2, 0) is 6.54 Å². The molecule has 2 rings (SSSR count). The predicted molar refractivity (Wildman–Crippen MR) is 69.6 cm³/mol. The summed E-state index contributed by atoms with van der Waals surface area (Å²) in [4.78, 5) is 4.30. The SMILES string of the molecule is CC1(CNCc2cscn2)CCCCCC1. The summed E-state index contributed by atoms with van der Waals surface area (Å²) < 4.78 is 0. The van der Waals surface area contributed by atoms with Gasteiger partial charge in [-0.25, -0.2) is 4.98 Å². The maximum absolute atomic E-state index is 4.30. The minimum Gasteiger partial charge on any atom is -0.311 e. The van der Waals surface area contributed by atoms with Crippen LogP contribution in [0, 0.1) is 5.41 Å². The highest BCUT2D eigenvalue weighted by Crippen LogP contribution is 2.33. The van der Waals surface area contributed by atoms with Gasteiger partial charge in [-0.05, 0) is 18.3 Å². The molecule has 1 aromatic heterocycles. The Morgan fingerprint density at radius 2 is 2.06 bits per heavy atom. The summed E-state index contributed by atoms with van der Waals surface area (Å²) in [6.45, 7) is 4.51. The van der Waals surface area contributed by atoms with E-state index in [1.807, 2.05) is 5.51 Å². The Labute approximate surface area is 102 Å². The Bertz CT molecular complexity index is 287. The number of nitrogens with one attached hydrogen (secondary N) is 1. The molecule has 3 heteroatoms. The Kier molecular flexibility index (Phi) is 4.36. The van der Waals surface area contributed by atoms with Gasteiger partial charge >= 0.3 is 0 Å². The van der Waals surface area contributed by atoms with E-state index in [-0.39, 0.29) is 0 Å². The fourth-order valence-corrected chi connectivity index (χ4v) is 3.13. The molecule has 1 aliphatic carbocycles. The van der Waals surface area contributed by atoms with Gasteiger partial charge in [-0.3, -0.25) is 0 Å². The van der Waals surface area contributed by atoms with Gasteiger partial charge in [0.05, 0.1) is 11.2 Å². The zero-order chi connectivity index (χ0) is 11.3. The highest BCUT2D eigenvalue weighted by atomic mass is 32.1. The normalized spacial score (nSPS) is 20.6. The number of hydrogen-bond donors (Lipinski definition) is 1. The average molecular weight is 238 g/mol. The van der Waals surface area contributed by atoms with E-state index in [1.165, 1.54) is 44.2 Å². The van der Waals surface area contributed by atoms with Gasteiger partial charge in [0.15, 0.2) is 0 Å². The van der Waals surface area contributed by atoms with Crippen molar-refractivity contribution >= 4 is 11.3 Å². The Morgan fingerprint density at radius 3 is 2.69 bits per heavy atom. The van der Waals surface area contributed by atoms with Gasteiger partial charge in [-0.2, -0.15) is 0 Å². The lowest BCUT2D eigenvalue weighted by Crippen LogP contribution is -2.31. The number of aromatic nitrogens is 1. The molecule has 0 aliphatic heterocycles. The van der Waals surface area contributed by atoms with Crippen LogP contribution in [0.1, 0.15) is 51.1 Å². The van der Waals surface area contributed by atoms with Gasteiger partial charge in [0.2, 0.25) is 0 Å². The lowest BCUT2D eigenvalue weighted by atomic mass is 9.82. The standard InChI is InChI=1S/C13H22N2S/c1-13(6-4-2-3-5-7-13)10-14-8-12-9-16-11-15-12/h9,11,14H,2-8,10H2,1H3. The lowest BCUT2D eigenvalue weighted by molar-refractivity contribution is 0.262. The molecule has 0 saturated heterocycles. The molecule has 0 bridgehead atoms. The van der Waals surface area contributed by atoms with Crippen LogP contribution in [0.15, 0.2) is 10.9 Å². The van der Waals surface area contributed by atoms with E-state index >= 15 is 0 Å². The molecule has 0 aromatic carbocycles. The predicted octanol–water partition coefficient (Wildman–Crippen LogP) is 3.59. The van der Waals surface area contributed by atoms with Crippen molar-refractivity contribution < 1.29 is 0 Å². The molecular formula is C13H22N2S. The number of hydrogen-bond acceptors (Lipinski definition) is 3. The van der Waals surface area contributed by atoms with Crippen LogP contribution in [0.2, 0.25) is 0 Å². The van der Waals surface area contributed by atoms with Gasteiger partial charge in [0, 0.05) is 18.5 Å². The van der Waals surface area contributed by atoms with Crippen molar-refractivity contribution in [3.63, 3.8) is 0 Å². The van der Waals surface area contributed by atoms with Crippen molar-refractivity contribution in [3.8, 4) is 0 Å². The third-order valence-electron chi connectivity index (χ3n) is 3.65. The van der Waals surface area contributed by atoms with Crippen molar-refractivity contribution in [2.75, 3.05) is 6.54 Å². The van der Waals surface area contributed by atoms with E-state index in [2.05, 4.69) is 22.6 Å². The number of rotatable bonds is 4. The first kappa shape index (κ1) is 12.1. The summed E-state index contributed by atoms with van der Waals surface area (Å²) in [7, 11) is 0. The lowest BCUT2D eigenvalue weighted by Gasteiger charge is -2.28. The molecule has 1 aliphatic rings. The molecule has 1 fully saturated rings. The minimum absolute atomic E-state index is 0.520. The zero-order valence-corrected chi connectivity index (χ0v) is 11.0. The van der Waals surface area contributed by atoms with Crippen molar-refractivity contribution in [3.05, 3.63) is 16.6 Å². The van der Waals surface area contributed by atoms with E-state index in [4.69, 9.17) is 0 Å². The fourth-order valence-electron chi connectivity index (χ4n) is 2.58. The Balaban J connectivity index is 1.75. The minimum atomic E-state index is 0.520. The first-order chi connectivity index (χ1) is 7.79. The molecule has 0 unspecified atom stereocenters. The van der Waals surface area contributed by atoms with E-state index in [0.717, 1.165) is 13.1 Å². The van der Waals surface area contributed by atoms with Crippen molar-refractivity contribution in [1.82, 2.24) is 10.3 Å². The molecule has 90 valence electrons. The summed E-state index contributed by atoms with van der Waals surface area (Å²) in [5.74, 6) is 0. The fraction of sp³-hybridized carbons (Fsp3) is 0.769. The van der Waals surface area contributed by atoms with Gasteiger partial charge in [-0.1, -0.05) is 32.6 Å². The first-order valence-electron chi connectivity index (χ1n) is 6.36. The number of thiazole rings is 1. The Hall–Kier alpha value is -0.410. The van der Waals surface area contributed by atoms with Crippen LogP contribution in [0.5, 0.6) is 0 Å². The summed E-state index contributed by atoms with van der Waals surface area (Å²) in [6, 6.07) is 0. The maximum atomic E-state index is 4.30. The second-order valence-corrected chi connectivity index (χ2v) is 6.03. The van der Waals surface area contributed by atoms with Gasteiger partial charge < -0.3 is 5.32 Å². The molecule has 2 nitrogen and oxygen atoms in total. The molecule has 0 amide bonds. The average Bonchev–Trinajstić information content (AvgIpc) is 2.68. The van der Waals surface area contributed by atoms with E-state index in [1.54, 1.807) is 11.3 Å². The molecule has 1 heterocycles. The second kappa shape index (κ2) is 5.78. The van der Waals surface area contributed by atoms with E-state index in [9.17, 15) is 0 Å². The third kappa shape index (κ3) is 3.56. The summed E-state index contributed by atoms with van der Waals surface area (Å²) in [5, 5.41) is 5.70. The molecule has 1 aromatic rings. The molecule has 0 spiro atoms. The summed E-state index contributed by atoms with van der Waals surface area (Å²) >= 11 is 1.68. The highest BCUT2D eigenvalue weighted by molar-refractivity contribution is 7.07. The van der Waals surface area contributed by atoms with Gasteiger partial charge in [0.25, 0.3) is 0 Å². The summed E-state index contributed by atoms with van der Waals surface area (Å²) in [5.41, 5.74) is 3.61.